The first kappa shape index (κ1) is 10.3. The summed E-state index contributed by atoms with van der Waals surface area (Å²) in [5, 5.41) is 3.22. The zero-order valence-corrected chi connectivity index (χ0v) is 8.30. The summed E-state index contributed by atoms with van der Waals surface area (Å²) < 4.78 is 10.4. The lowest BCUT2D eigenvalue weighted by atomic mass is 10.3. The van der Waals surface area contributed by atoms with Crippen LogP contribution < -0.4 is 5.32 Å². The number of ether oxygens (including phenoxy) is 1. The van der Waals surface area contributed by atoms with Crippen LogP contribution in [0.4, 0.5) is 0 Å². The highest BCUT2D eigenvalue weighted by atomic mass is 16.5. The van der Waals surface area contributed by atoms with Crippen molar-refractivity contribution < 1.29 is 9.15 Å². The third-order valence-electron chi connectivity index (χ3n) is 1.85. The van der Waals surface area contributed by atoms with Crippen molar-refractivity contribution in [1.29, 1.82) is 0 Å². The summed E-state index contributed by atoms with van der Waals surface area (Å²) in [4.78, 5) is 0. The normalized spacial score (nSPS) is 10.6. The highest BCUT2D eigenvalue weighted by Crippen LogP contribution is 2.07. The van der Waals surface area contributed by atoms with Crippen molar-refractivity contribution in [2.75, 3.05) is 20.3 Å². The van der Waals surface area contributed by atoms with E-state index < -0.39 is 0 Å². The lowest BCUT2D eigenvalue weighted by molar-refractivity contribution is 0.198. The van der Waals surface area contributed by atoms with E-state index >= 15 is 0 Å². The fourth-order valence-electron chi connectivity index (χ4n) is 1.09. The van der Waals surface area contributed by atoms with Crippen molar-refractivity contribution in [2.24, 2.45) is 0 Å². The molecule has 1 N–H and O–H groups in total. The van der Waals surface area contributed by atoms with Gasteiger partial charge in [0.15, 0.2) is 0 Å². The van der Waals surface area contributed by atoms with Crippen molar-refractivity contribution in [3.63, 3.8) is 0 Å². The predicted molar refractivity (Wildman–Crippen MR) is 51.7 cm³/mol. The maximum Gasteiger partial charge on any atom is 0.117 e. The van der Waals surface area contributed by atoms with E-state index in [9.17, 15) is 0 Å². The van der Waals surface area contributed by atoms with E-state index in [1.807, 2.05) is 12.1 Å². The van der Waals surface area contributed by atoms with Crippen molar-refractivity contribution in [3.05, 3.63) is 23.7 Å². The zero-order chi connectivity index (χ0) is 9.52. The van der Waals surface area contributed by atoms with Gasteiger partial charge in [-0.3, -0.25) is 0 Å². The quantitative estimate of drug-likeness (QED) is 0.680. The Morgan fingerprint density at radius 1 is 1.38 bits per heavy atom. The van der Waals surface area contributed by atoms with Gasteiger partial charge in [0.05, 0.1) is 13.2 Å². The summed E-state index contributed by atoms with van der Waals surface area (Å²) in [5.74, 6) is 2.04. The van der Waals surface area contributed by atoms with Gasteiger partial charge in [-0.2, -0.15) is 0 Å². The second-order valence-electron chi connectivity index (χ2n) is 2.89. The minimum Gasteiger partial charge on any atom is -0.465 e. The van der Waals surface area contributed by atoms with Crippen LogP contribution in [-0.2, 0) is 17.7 Å². The van der Waals surface area contributed by atoms with E-state index in [-0.39, 0.29) is 0 Å². The lowest BCUT2D eigenvalue weighted by Crippen LogP contribution is -2.18. The fourth-order valence-corrected chi connectivity index (χ4v) is 1.09. The van der Waals surface area contributed by atoms with E-state index in [4.69, 9.17) is 9.15 Å². The van der Waals surface area contributed by atoms with Crippen molar-refractivity contribution in [1.82, 2.24) is 5.32 Å². The molecule has 0 spiro atoms. The number of rotatable bonds is 6. The van der Waals surface area contributed by atoms with Crippen LogP contribution in [0.25, 0.3) is 0 Å². The minimum absolute atomic E-state index is 0.737. The first-order valence-corrected chi connectivity index (χ1v) is 4.64. The molecule has 0 aliphatic carbocycles. The van der Waals surface area contributed by atoms with Gasteiger partial charge in [-0.15, -0.1) is 0 Å². The number of methoxy groups -OCH3 is 1. The van der Waals surface area contributed by atoms with Crippen LogP contribution in [0.1, 0.15) is 18.4 Å². The molecule has 0 atom stereocenters. The maximum atomic E-state index is 5.51. The average Bonchev–Trinajstić information content (AvgIpc) is 2.60. The molecule has 0 bridgehead atoms. The zero-order valence-electron chi connectivity index (χ0n) is 8.30. The Bertz CT molecular complexity index is 233. The molecule has 74 valence electrons. The predicted octanol–water partition coefficient (Wildman–Crippen LogP) is 1.58. The van der Waals surface area contributed by atoms with Gasteiger partial charge >= 0.3 is 0 Å². The third kappa shape index (κ3) is 3.61. The summed E-state index contributed by atoms with van der Waals surface area (Å²) in [6, 6.07) is 4.03. The minimum atomic E-state index is 0.737. The van der Waals surface area contributed by atoms with Crippen molar-refractivity contribution in [2.45, 2.75) is 19.9 Å². The number of aryl methyl sites for hydroxylation is 1. The molecule has 3 heteroatoms. The molecule has 13 heavy (non-hydrogen) atoms. The second-order valence-corrected chi connectivity index (χ2v) is 2.89. The van der Waals surface area contributed by atoms with Crippen LogP contribution >= 0.6 is 0 Å². The van der Waals surface area contributed by atoms with Crippen LogP contribution in [0.2, 0.25) is 0 Å². The average molecular weight is 183 g/mol. The molecule has 3 nitrogen and oxygen atoms in total. The summed E-state index contributed by atoms with van der Waals surface area (Å²) in [6.45, 7) is 4.46. The van der Waals surface area contributed by atoms with Crippen LogP contribution in [0.15, 0.2) is 16.5 Å². The lowest BCUT2D eigenvalue weighted by Gasteiger charge is -2.00. The largest absolute Gasteiger partial charge is 0.465 e. The van der Waals surface area contributed by atoms with Gasteiger partial charge in [0.2, 0.25) is 0 Å². The molecule has 1 heterocycles. The van der Waals surface area contributed by atoms with Gasteiger partial charge in [-0.25, -0.2) is 0 Å². The highest BCUT2D eigenvalue weighted by molar-refractivity contribution is 5.06. The Hall–Kier alpha value is -0.800. The number of nitrogens with one attached hydrogen (secondary N) is 1. The Balaban J connectivity index is 2.20. The summed E-state index contributed by atoms with van der Waals surface area (Å²) in [6.07, 6.45) is 0.956. The highest BCUT2D eigenvalue weighted by Gasteiger charge is 1.98. The molecular weight excluding hydrogens is 166 g/mol. The first-order valence-electron chi connectivity index (χ1n) is 4.64. The molecule has 0 radical (unpaired) electrons. The summed E-state index contributed by atoms with van der Waals surface area (Å²) in [5.41, 5.74) is 0. The van der Waals surface area contributed by atoms with E-state index in [0.29, 0.717) is 0 Å². The molecule has 0 saturated heterocycles. The molecule has 0 amide bonds. The van der Waals surface area contributed by atoms with Crippen molar-refractivity contribution >= 4 is 0 Å². The molecule has 0 unspecified atom stereocenters. The molecule has 1 aromatic heterocycles. The summed E-state index contributed by atoms with van der Waals surface area (Å²) >= 11 is 0. The monoisotopic (exact) mass is 183 g/mol. The van der Waals surface area contributed by atoms with Gasteiger partial charge in [0.25, 0.3) is 0 Å². The second kappa shape index (κ2) is 5.78. The van der Waals surface area contributed by atoms with E-state index in [2.05, 4.69) is 12.2 Å². The van der Waals surface area contributed by atoms with Gasteiger partial charge in [-0.1, -0.05) is 6.92 Å². The summed E-state index contributed by atoms with van der Waals surface area (Å²) in [7, 11) is 1.70. The Kier molecular flexibility index (Phi) is 4.57. The van der Waals surface area contributed by atoms with Gasteiger partial charge in [-0.05, 0) is 12.1 Å². The Morgan fingerprint density at radius 3 is 2.77 bits per heavy atom. The number of furan rings is 1. The smallest absolute Gasteiger partial charge is 0.117 e. The third-order valence-corrected chi connectivity index (χ3v) is 1.85. The molecule has 0 fully saturated rings. The SMILES string of the molecule is CCc1ccc(CNCCOC)o1. The van der Waals surface area contributed by atoms with Crippen LogP contribution in [0, 0.1) is 0 Å². The molecular formula is C10H17NO2. The molecule has 0 aromatic carbocycles. The van der Waals surface area contributed by atoms with Gasteiger partial charge in [0, 0.05) is 20.1 Å². The molecule has 0 aliphatic rings. The molecule has 1 rings (SSSR count). The first-order chi connectivity index (χ1) is 6.36. The van der Waals surface area contributed by atoms with E-state index in [1.165, 1.54) is 0 Å². The van der Waals surface area contributed by atoms with Crippen LogP contribution in [0.3, 0.4) is 0 Å². The topological polar surface area (TPSA) is 34.4 Å². The Labute approximate surface area is 79.1 Å². The van der Waals surface area contributed by atoms with Crippen molar-refractivity contribution in [3.8, 4) is 0 Å². The Morgan fingerprint density at radius 2 is 2.15 bits per heavy atom. The van der Waals surface area contributed by atoms with Crippen LogP contribution in [0.5, 0.6) is 0 Å². The van der Waals surface area contributed by atoms with E-state index in [1.54, 1.807) is 7.11 Å². The van der Waals surface area contributed by atoms with Gasteiger partial charge in [0.1, 0.15) is 11.5 Å². The number of hydrogen-bond donors (Lipinski definition) is 1. The molecule has 1 aromatic rings. The molecule has 0 aliphatic heterocycles. The number of hydrogen-bond acceptors (Lipinski definition) is 3. The van der Waals surface area contributed by atoms with Gasteiger partial charge < -0.3 is 14.5 Å². The maximum absolute atomic E-state index is 5.51. The molecule has 0 saturated carbocycles. The standard InChI is InChI=1S/C10H17NO2/c1-3-9-4-5-10(13-9)8-11-6-7-12-2/h4-5,11H,3,6-8H2,1-2H3. The van der Waals surface area contributed by atoms with Crippen LogP contribution in [-0.4, -0.2) is 20.3 Å². The fraction of sp³-hybridized carbons (Fsp3) is 0.600. The van der Waals surface area contributed by atoms with E-state index in [0.717, 1.165) is 37.6 Å².